The standard InChI is InChI=1S/C45H27N3OS/c1-2-11-28(12-3-1)29-23-25-30(26-24-29)43-46-44(48-45(47-43)36-18-9-20-38-41(36)34-15-4-6-19-37(34)49-38)32-14-8-13-31(27-32)33-17-10-22-40-42(33)35-16-5-7-21-39(35)50-40/h1-27H/i5D,7D,10D,16D,17D,21D,22D. The van der Waals surface area contributed by atoms with Gasteiger partial charge in [-0.3, -0.25) is 0 Å². The van der Waals surface area contributed by atoms with Crippen LogP contribution in [0.5, 0.6) is 0 Å². The predicted octanol–water partition coefficient (Wildman–Crippen LogP) is 12.5. The Labute approximate surface area is 301 Å². The van der Waals surface area contributed by atoms with Gasteiger partial charge >= 0.3 is 0 Å². The third kappa shape index (κ3) is 4.79. The van der Waals surface area contributed by atoms with E-state index in [1.807, 2.05) is 97.1 Å². The lowest BCUT2D eigenvalue weighted by atomic mass is 9.98. The van der Waals surface area contributed by atoms with Crippen LogP contribution < -0.4 is 0 Å². The van der Waals surface area contributed by atoms with Crippen LogP contribution in [-0.4, -0.2) is 15.0 Å². The van der Waals surface area contributed by atoms with Crippen LogP contribution in [-0.2, 0) is 0 Å². The van der Waals surface area contributed by atoms with Gasteiger partial charge in [0.1, 0.15) is 11.2 Å². The second-order valence-corrected chi connectivity index (χ2v) is 12.9. The number of furan rings is 1. The number of fused-ring (bicyclic) bond motifs is 6. The minimum absolute atomic E-state index is 0.195. The van der Waals surface area contributed by atoms with Gasteiger partial charge in [0.15, 0.2) is 17.5 Å². The normalized spacial score (nSPS) is 13.6. The number of hydrogen-bond donors (Lipinski definition) is 0. The number of benzene rings is 7. The molecule has 0 saturated carbocycles. The summed E-state index contributed by atoms with van der Waals surface area (Å²) in [6.45, 7) is 0. The smallest absolute Gasteiger partial charge is 0.164 e. The maximum atomic E-state index is 9.12. The quantitative estimate of drug-likeness (QED) is 0.184. The van der Waals surface area contributed by atoms with E-state index < -0.39 is 6.04 Å². The van der Waals surface area contributed by atoms with Gasteiger partial charge in [0.05, 0.1) is 9.60 Å². The molecule has 0 saturated heterocycles. The zero-order valence-corrected chi connectivity index (χ0v) is 27.0. The molecule has 3 heterocycles. The highest BCUT2D eigenvalue weighted by molar-refractivity contribution is 7.25. The van der Waals surface area contributed by atoms with Crippen molar-refractivity contribution < 1.29 is 14.0 Å². The Hall–Kier alpha value is -6.43. The number of nitrogens with zero attached hydrogens (tertiary/aromatic N) is 3. The second kappa shape index (κ2) is 11.6. The molecule has 0 N–H and O–H groups in total. The lowest BCUT2D eigenvalue weighted by Crippen LogP contribution is -2.00. The highest BCUT2D eigenvalue weighted by Crippen LogP contribution is 2.41. The van der Waals surface area contributed by atoms with E-state index in [0.29, 0.717) is 49.8 Å². The Bertz CT molecular complexity index is 3270. The number of hydrogen-bond acceptors (Lipinski definition) is 5. The average Bonchev–Trinajstić information content (AvgIpc) is 3.84. The minimum atomic E-state index is -0.401. The Balaban J connectivity index is 1.21. The van der Waals surface area contributed by atoms with Crippen molar-refractivity contribution in [2.24, 2.45) is 0 Å². The molecule has 0 bridgehead atoms. The van der Waals surface area contributed by atoms with Gasteiger partial charge in [0.25, 0.3) is 0 Å². The van der Waals surface area contributed by atoms with E-state index >= 15 is 0 Å². The number of thiophene rings is 1. The second-order valence-electron chi connectivity index (χ2n) is 11.9. The van der Waals surface area contributed by atoms with Crippen LogP contribution in [0.2, 0.25) is 0 Å². The molecule has 0 amide bonds. The van der Waals surface area contributed by atoms with Crippen molar-refractivity contribution in [1.29, 1.82) is 0 Å². The molecular formula is C45H27N3OS. The molecule has 0 aliphatic rings. The Kier molecular flexibility index (Phi) is 5.17. The molecule has 0 unspecified atom stereocenters. The summed E-state index contributed by atoms with van der Waals surface area (Å²) in [6, 6.07) is 37.1. The van der Waals surface area contributed by atoms with E-state index in [1.165, 1.54) is 0 Å². The summed E-state index contributed by atoms with van der Waals surface area (Å²) in [5.74, 6) is 1.23. The van der Waals surface area contributed by atoms with Gasteiger partial charge in [-0.1, -0.05) is 133 Å². The maximum absolute atomic E-state index is 9.12. The van der Waals surface area contributed by atoms with Crippen LogP contribution in [0, 0.1) is 0 Å². The summed E-state index contributed by atoms with van der Waals surface area (Å²) in [7, 11) is 0. The summed E-state index contributed by atoms with van der Waals surface area (Å²) < 4.78 is 67.6. The van der Waals surface area contributed by atoms with Crippen LogP contribution in [0.15, 0.2) is 168 Å². The molecule has 4 nitrogen and oxygen atoms in total. The van der Waals surface area contributed by atoms with Crippen molar-refractivity contribution in [3.05, 3.63) is 164 Å². The third-order valence-corrected chi connectivity index (χ3v) is 9.91. The summed E-state index contributed by atoms with van der Waals surface area (Å²) in [5, 5.41) is 2.38. The molecule has 5 heteroatoms. The molecule has 0 radical (unpaired) electrons. The summed E-state index contributed by atoms with van der Waals surface area (Å²) >= 11 is 1.04. The first-order valence-corrected chi connectivity index (χ1v) is 16.8. The molecule has 0 aliphatic heterocycles. The van der Waals surface area contributed by atoms with Crippen molar-refractivity contribution in [3.63, 3.8) is 0 Å². The van der Waals surface area contributed by atoms with E-state index in [4.69, 9.17) is 29.0 Å². The fraction of sp³-hybridized carbons (Fsp3) is 0. The molecule has 7 aromatic carbocycles. The van der Waals surface area contributed by atoms with Gasteiger partial charge in [0.2, 0.25) is 0 Å². The van der Waals surface area contributed by atoms with Gasteiger partial charge in [-0.05, 0) is 52.5 Å². The summed E-state index contributed by atoms with van der Waals surface area (Å²) in [5.41, 5.74) is 6.52. The fourth-order valence-electron chi connectivity index (χ4n) is 6.55. The van der Waals surface area contributed by atoms with Crippen LogP contribution in [0.3, 0.4) is 0 Å². The molecular weight excluding hydrogens is 631 g/mol. The fourth-order valence-corrected chi connectivity index (χ4v) is 7.52. The van der Waals surface area contributed by atoms with Crippen molar-refractivity contribution in [1.82, 2.24) is 15.0 Å². The Morgan fingerprint density at radius 1 is 0.440 bits per heavy atom. The van der Waals surface area contributed by atoms with Gasteiger partial charge in [0, 0.05) is 47.6 Å². The number of rotatable bonds is 5. The predicted molar refractivity (Wildman–Crippen MR) is 207 cm³/mol. The molecule has 234 valence electrons. The Morgan fingerprint density at radius 2 is 1.10 bits per heavy atom. The van der Waals surface area contributed by atoms with E-state index in [0.717, 1.165) is 49.9 Å². The van der Waals surface area contributed by atoms with Gasteiger partial charge in [-0.25, -0.2) is 15.0 Å². The lowest BCUT2D eigenvalue weighted by molar-refractivity contribution is 0.669. The number of aromatic nitrogens is 3. The Morgan fingerprint density at radius 3 is 2.00 bits per heavy atom. The summed E-state index contributed by atoms with van der Waals surface area (Å²) in [4.78, 5) is 15.1. The molecule has 50 heavy (non-hydrogen) atoms. The van der Waals surface area contributed by atoms with E-state index in [2.05, 4.69) is 12.1 Å². The van der Waals surface area contributed by atoms with Gasteiger partial charge in [-0.2, -0.15) is 0 Å². The molecule has 3 aromatic heterocycles. The van der Waals surface area contributed by atoms with Gasteiger partial charge < -0.3 is 4.42 Å². The first kappa shape index (κ1) is 22.3. The van der Waals surface area contributed by atoms with Crippen molar-refractivity contribution in [3.8, 4) is 56.4 Å². The third-order valence-electron chi connectivity index (χ3n) is 8.89. The van der Waals surface area contributed by atoms with Gasteiger partial charge in [-0.15, -0.1) is 11.3 Å². The van der Waals surface area contributed by atoms with E-state index in [1.54, 1.807) is 12.1 Å². The lowest BCUT2D eigenvalue weighted by Gasteiger charge is -2.11. The maximum Gasteiger partial charge on any atom is 0.164 e. The molecule has 0 atom stereocenters. The summed E-state index contributed by atoms with van der Waals surface area (Å²) in [6.07, 6.45) is 0. The molecule has 10 aromatic rings. The zero-order chi connectivity index (χ0) is 39.1. The first-order chi connectivity index (χ1) is 27.7. The molecule has 0 spiro atoms. The van der Waals surface area contributed by atoms with Crippen LogP contribution in [0.1, 0.15) is 9.60 Å². The minimum Gasteiger partial charge on any atom is -0.456 e. The van der Waals surface area contributed by atoms with E-state index in [-0.39, 0.29) is 46.3 Å². The molecule has 0 aliphatic carbocycles. The highest BCUT2D eigenvalue weighted by Gasteiger charge is 2.19. The van der Waals surface area contributed by atoms with Crippen molar-refractivity contribution >= 4 is 53.4 Å². The van der Waals surface area contributed by atoms with Crippen LogP contribution in [0.4, 0.5) is 0 Å². The SMILES string of the molecule is [2H]c1c([2H])c([2H])c2c(sc3c([2H])c([2H])c([2H])c(-c4cccc(-c5nc(-c6ccc(-c7ccccc7)cc6)nc(-c6cccc7oc8ccccc8c67)n5)c4)c32)c1[2H]. The van der Waals surface area contributed by atoms with Crippen LogP contribution in [0.25, 0.3) is 98.5 Å². The van der Waals surface area contributed by atoms with Crippen LogP contribution >= 0.6 is 11.3 Å². The zero-order valence-electron chi connectivity index (χ0n) is 33.2. The van der Waals surface area contributed by atoms with E-state index in [9.17, 15) is 0 Å². The van der Waals surface area contributed by atoms with Crippen molar-refractivity contribution in [2.75, 3.05) is 0 Å². The van der Waals surface area contributed by atoms with Crippen molar-refractivity contribution in [2.45, 2.75) is 0 Å². The molecule has 0 fully saturated rings. The molecule has 10 rings (SSSR count). The number of para-hydroxylation sites is 1. The first-order valence-electron chi connectivity index (χ1n) is 19.5. The topological polar surface area (TPSA) is 51.8 Å². The largest absolute Gasteiger partial charge is 0.456 e. The average molecular weight is 665 g/mol. The monoisotopic (exact) mass is 664 g/mol. The highest BCUT2D eigenvalue weighted by atomic mass is 32.1.